The van der Waals surface area contributed by atoms with E-state index in [2.05, 4.69) is 5.32 Å². The van der Waals surface area contributed by atoms with Crippen LogP contribution in [0.2, 0.25) is 0 Å². The summed E-state index contributed by atoms with van der Waals surface area (Å²) in [5.74, 6) is 4.57. The predicted molar refractivity (Wildman–Crippen MR) is 127 cm³/mol. The van der Waals surface area contributed by atoms with Crippen molar-refractivity contribution < 1.29 is 4.74 Å². The van der Waals surface area contributed by atoms with Crippen molar-refractivity contribution in [1.82, 2.24) is 18.7 Å². The van der Waals surface area contributed by atoms with E-state index in [-0.39, 0.29) is 11.2 Å². The highest BCUT2D eigenvalue weighted by molar-refractivity contribution is 5.74. The summed E-state index contributed by atoms with van der Waals surface area (Å²) in [6, 6.07) is 8.24. The largest absolute Gasteiger partial charge is 0.497 e. The minimum atomic E-state index is -0.358. The molecule has 3 aliphatic carbocycles. The van der Waals surface area contributed by atoms with Gasteiger partial charge in [0.2, 0.25) is 5.95 Å². The van der Waals surface area contributed by atoms with Crippen LogP contribution in [0.25, 0.3) is 11.2 Å². The third kappa shape index (κ3) is 3.06. The summed E-state index contributed by atoms with van der Waals surface area (Å²) in [4.78, 5) is 30.6. The third-order valence-electron chi connectivity index (χ3n) is 8.56. The Bertz CT molecular complexity index is 1330. The fourth-order valence-corrected chi connectivity index (χ4v) is 6.97. The van der Waals surface area contributed by atoms with Gasteiger partial charge in [0.25, 0.3) is 5.56 Å². The Morgan fingerprint density at radius 2 is 1.82 bits per heavy atom. The van der Waals surface area contributed by atoms with E-state index in [1.165, 1.54) is 48.3 Å². The fourth-order valence-electron chi connectivity index (χ4n) is 6.97. The van der Waals surface area contributed by atoms with Crippen LogP contribution in [0.5, 0.6) is 5.75 Å². The summed E-state index contributed by atoms with van der Waals surface area (Å²) >= 11 is 0. The van der Waals surface area contributed by atoms with Crippen molar-refractivity contribution in [2.45, 2.75) is 44.7 Å². The van der Waals surface area contributed by atoms with Crippen molar-refractivity contribution in [2.75, 3.05) is 12.4 Å². The summed E-state index contributed by atoms with van der Waals surface area (Å²) in [7, 11) is 4.86. The van der Waals surface area contributed by atoms with Crippen molar-refractivity contribution >= 4 is 17.1 Å². The maximum Gasteiger partial charge on any atom is 0.332 e. The predicted octanol–water partition coefficient (Wildman–Crippen LogP) is 2.73. The summed E-state index contributed by atoms with van der Waals surface area (Å²) in [6.07, 6.45) is 6.59. The molecule has 2 bridgehead atoms. The number of rotatable bonds is 5. The first-order valence-corrected chi connectivity index (χ1v) is 12.0. The molecule has 3 fully saturated rings. The molecule has 33 heavy (non-hydrogen) atoms. The molecule has 1 aromatic carbocycles. The Morgan fingerprint density at radius 3 is 2.58 bits per heavy atom. The zero-order valence-corrected chi connectivity index (χ0v) is 19.5. The molecule has 8 nitrogen and oxygen atoms in total. The maximum atomic E-state index is 13.2. The molecule has 3 aliphatic rings. The standard InChI is InChI=1S/C25H31N5O3/c1-28-22-21(23(31)29(2)25(28)32)30(13-14-7-9-17(33-3)10-8-14)24(27-22)26-20-16-11-15-5-4-6-18(20)19(15)12-16/h7-10,15-16,18-20H,4-6,11-13H2,1-3H3,(H,26,27). The summed E-state index contributed by atoms with van der Waals surface area (Å²) in [6.45, 7) is 0.490. The quantitative estimate of drug-likeness (QED) is 0.648. The molecule has 2 heterocycles. The van der Waals surface area contributed by atoms with Gasteiger partial charge in [-0.2, -0.15) is 4.98 Å². The molecule has 5 unspecified atom stereocenters. The smallest absolute Gasteiger partial charge is 0.332 e. The average Bonchev–Trinajstić information content (AvgIpc) is 3.51. The van der Waals surface area contributed by atoms with E-state index >= 15 is 0 Å². The molecule has 1 N–H and O–H groups in total. The van der Waals surface area contributed by atoms with Crippen LogP contribution in [0.3, 0.4) is 0 Å². The van der Waals surface area contributed by atoms with Crippen molar-refractivity contribution in [3.05, 3.63) is 50.7 Å². The fraction of sp³-hybridized carbons (Fsp3) is 0.560. The van der Waals surface area contributed by atoms with Gasteiger partial charge in [-0.15, -0.1) is 0 Å². The number of aryl methyl sites for hydroxylation is 1. The normalized spacial score (nSPS) is 27.9. The van der Waals surface area contributed by atoms with Gasteiger partial charge in [0, 0.05) is 20.1 Å². The number of ether oxygens (including phenoxy) is 1. The number of hydrogen-bond donors (Lipinski definition) is 1. The summed E-state index contributed by atoms with van der Waals surface area (Å²) < 4.78 is 9.90. The van der Waals surface area contributed by atoms with Gasteiger partial charge < -0.3 is 10.1 Å². The molecule has 6 rings (SSSR count). The molecule has 3 aromatic rings. The van der Waals surface area contributed by atoms with Crippen LogP contribution in [-0.4, -0.2) is 31.8 Å². The molecule has 174 valence electrons. The number of methoxy groups -OCH3 is 1. The van der Waals surface area contributed by atoms with Gasteiger partial charge in [-0.05, 0) is 60.6 Å². The van der Waals surface area contributed by atoms with Gasteiger partial charge in [-0.1, -0.05) is 25.0 Å². The Kier molecular flexibility index (Phi) is 4.67. The third-order valence-corrected chi connectivity index (χ3v) is 8.56. The lowest BCUT2D eigenvalue weighted by molar-refractivity contribution is 0.150. The Morgan fingerprint density at radius 1 is 1.03 bits per heavy atom. The maximum absolute atomic E-state index is 13.2. The molecule has 0 spiro atoms. The first-order chi connectivity index (χ1) is 16.0. The lowest BCUT2D eigenvalue weighted by atomic mass is 9.69. The second-order valence-electron chi connectivity index (χ2n) is 10.2. The number of anilines is 1. The Balaban J connectivity index is 1.45. The highest BCUT2D eigenvalue weighted by atomic mass is 16.5. The Labute approximate surface area is 192 Å². The second kappa shape index (κ2) is 7.50. The van der Waals surface area contributed by atoms with E-state index in [1.54, 1.807) is 14.2 Å². The van der Waals surface area contributed by atoms with Crippen LogP contribution in [0.1, 0.15) is 37.7 Å². The minimum absolute atomic E-state index is 0.312. The van der Waals surface area contributed by atoms with Gasteiger partial charge in [0.15, 0.2) is 11.2 Å². The zero-order valence-electron chi connectivity index (χ0n) is 19.5. The molecule has 3 saturated carbocycles. The van der Waals surface area contributed by atoms with Crippen molar-refractivity contribution in [2.24, 2.45) is 37.8 Å². The van der Waals surface area contributed by atoms with Gasteiger partial charge in [0.05, 0.1) is 13.7 Å². The van der Waals surface area contributed by atoms with Crippen LogP contribution < -0.4 is 21.3 Å². The van der Waals surface area contributed by atoms with Crippen molar-refractivity contribution in [3.63, 3.8) is 0 Å². The minimum Gasteiger partial charge on any atom is -0.497 e. The number of nitrogens with one attached hydrogen (secondary N) is 1. The second-order valence-corrected chi connectivity index (χ2v) is 10.2. The molecule has 0 aliphatic heterocycles. The van der Waals surface area contributed by atoms with Gasteiger partial charge in [0.1, 0.15) is 5.75 Å². The molecular formula is C25H31N5O3. The van der Waals surface area contributed by atoms with E-state index < -0.39 is 0 Å². The van der Waals surface area contributed by atoms with Crippen LogP contribution in [-0.2, 0) is 20.6 Å². The summed E-state index contributed by atoms with van der Waals surface area (Å²) in [5.41, 5.74) is 1.27. The highest BCUT2D eigenvalue weighted by Gasteiger charge is 2.53. The number of fused-ring (bicyclic) bond motifs is 2. The summed E-state index contributed by atoms with van der Waals surface area (Å²) in [5, 5.41) is 3.79. The van der Waals surface area contributed by atoms with Crippen molar-refractivity contribution in [3.8, 4) is 5.75 Å². The topological polar surface area (TPSA) is 83.1 Å². The van der Waals surface area contributed by atoms with Crippen LogP contribution >= 0.6 is 0 Å². The van der Waals surface area contributed by atoms with Gasteiger partial charge in [-0.3, -0.25) is 18.5 Å². The monoisotopic (exact) mass is 449 g/mol. The number of nitrogens with zero attached hydrogens (tertiary/aromatic N) is 4. The number of hydrogen-bond acceptors (Lipinski definition) is 5. The molecule has 8 heteroatoms. The highest BCUT2D eigenvalue weighted by Crippen LogP contribution is 2.58. The van der Waals surface area contributed by atoms with E-state index in [0.717, 1.165) is 23.1 Å². The lowest BCUT2D eigenvalue weighted by Gasteiger charge is -2.40. The number of aromatic nitrogens is 4. The van der Waals surface area contributed by atoms with Gasteiger partial charge >= 0.3 is 5.69 Å². The zero-order chi connectivity index (χ0) is 22.9. The number of benzene rings is 1. The Hall–Kier alpha value is -3.03. The molecule has 2 aromatic heterocycles. The van der Waals surface area contributed by atoms with Crippen molar-refractivity contribution in [1.29, 1.82) is 0 Å². The van der Waals surface area contributed by atoms with E-state index in [9.17, 15) is 9.59 Å². The molecule has 5 atom stereocenters. The van der Waals surface area contributed by atoms with Crippen LogP contribution in [0.15, 0.2) is 33.9 Å². The molecule has 0 radical (unpaired) electrons. The lowest BCUT2D eigenvalue weighted by Crippen LogP contribution is -2.40. The van der Waals surface area contributed by atoms with Crippen LogP contribution in [0, 0.1) is 23.7 Å². The van der Waals surface area contributed by atoms with Crippen LogP contribution in [0.4, 0.5) is 5.95 Å². The molecule has 0 saturated heterocycles. The van der Waals surface area contributed by atoms with E-state index in [1.807, 2.05) is 28.8 Å². The number of imidazole rings is 1. The van der Waals surface area contributed by atoms with E-state index in [0.29, 0.717) is 41.5 Å². The first kappa shape index (κ1) is 20.6. The SMILES string of the molecule is COc1ccc(Cn2c(NC3C4CC5CCCC3C5C4)nc3c2c(=O)n(C)c(=O)n3C)cc1. The van der Waals surface area contributed by atoms with Gasteiger partial charge in [-0.25, -0.2) is 4.79 Å². The van der Waals surface area contributed by atoms with E-state index in [4.69, 9.17) is 9.72 Å². The molecule has 0 amide bonds. The first-order valence-electron chi connectivity index (χ1n) is 12.0. The average molecular weight is 450 g/mol. The molecular weight excluding hydrogens is 418 g/mol.